The second-order valence-electron chi connectivity index (χ2n) is 6.76. The minimum Gasteiger partial charge on any atom is -0.385 e. The number of rotatable bonds is 8. The van der Waals surface area contributed by atoms with Gasteiger partial charge in [-0.25, -0.2) is 0 Å². The van der Waals surface area contributed by atoms with Gasteiger partial charge >= 0.3 is 0 Å². The molecule has 2 atom stereocenters. The number of unbranched alkanes of at least 4 members (excludes halogenated alkanes) is 3. The number of amides is 1. The van der Waals surface area contributed by atoms with Crippen molar-refractivity contribution in [3.05, 3.63) is 0 Å². The minimum atomic E-state index is 0.0993. The highest BCUT2D eigenvalue weighted by atomic mass is 16.5. The smallest absolute Gasteiger partial charge is 0.225 e. The summed E-state index contributed by atoms with van der Waals surface area (Å²) in [5.41, 5.74) is 0. The van der Waals surface area contributed by atoms with Gasteiger partial charge in [-0.1, -0.05) is 26.7 Å². The molecule has 21 heavy (non-hydrogen) atoms. The quantitative estimate of drug-likeness (QED) is 0.646. The molecule has 2 unspecified atom stereocenters. The lowest BCUT2D eigenvalue weighted by molar-refractivity contribution is -0.142. The Kier molecular flexibility index (Phi) is 8.27. The van der Waals surface area contributed by atoms with Crippen LogP contribution in [0.4, 0.5) is 0 Å². The van der Waals surface area contributed by atoms with E-state index in [0.29, 0.717) is 18.0 Å². The normalized spacial score (nSPS) is 23.8. The molecule has 1 saturated heterocycles. The summed E-state index contributed by atoms with van der Waals surface area (Å²) in [6.45, 7) is 12.4. The Labute approximate surface area is 130 Å². The number of carbonyl (C=O) groups is 1. The van der Waals surface area contributed by atoms with E-state index in [1.54, 1.807) is 7.11 Å². The number of hydrogen-bond acceptors (Lipinski definition) is 3. The second kappa shape index (κ2) is 9.42. The molecule has 1 rings (SSSR count). The van der Waals surface area contributed by atoms with Gasteiger partial charge in [-0.3, -0.25) is 9.69 Å². The third kappa shape index (κ3) is 5.95. The van der Waals surface area contributed by atoms with Gasteiger partial charge in [0.1, 0.15) is 0 Å². The maximum Gasteiger partial charge on any atom is 0.225 e. The van der Waals surface area contributed by atoms with Crippen molar-refractivity contribution in [3.8, 4) is 0 Å². The molecule has 0 radical (unpaired) electrons. The van der Waals surface area contributed by atoms with Crippen LogP contribution in [0.3, 0.4) is 0 Å². The molecule has 1 aliphatic heterocycles. The van der Waals surface area contributed by atoms with Gasteiger partial charge in [0.25, 0.3) is 0 Å². The molecule has 0 N–H and O–H groups in total. The van der Waals surface area contributed by atoms with Crippen molar-refractivity contribution >= 4 is 5.91 Å². The zero-order valence-electron chi connectivity index (χ0n) is 14.6. The highest BCUT2D eigenvalue weighted by Gasteiger charge is 2.33. The summed E-state index contributed by atoms with van der Waals surface area (Å²) in [5, 5.41) is 0. The van der Waals surface area contributed by atoms with Crippen LogP contribution >= 0.6 is 0 Å². The van der Waals surface area contributed by atoms with Crippen molar-refractivity contribution in [2.24, 2.45) is 5.92 Å². The molecule has 0 aromatic carbocycles. The van der Waals surface area contributed by atoms with E-state index in [1.807, 2.05) is 13.8 Å². The molecule has 0 spiro atoms. The molecule has 4 heteroatoms. The Morgan fingerprint density at radius 2 is 1.67 bits per heavy atom. The number of hydrogen-bond donors (Lipinski definition) is 0. The van der Waals surface area contributed by atoms with Gasteiger partial charge in [-0.05, 0) is 33.2 Å². The molecule has 1 aliphatic rings. The number of piperazine rings is 1. The molecular formula is C17H34N2O2. The molecule has 0 bridgehead atoms. The van der Waals surface area contributed by atoms with E-state index in [4.69, 9.17) is 4.74 Å². The molecule has 0 aromatic rings. The Bertz CT molecular complexity index is 295. The maximum absolute atomic E-state index is 12.3. The third-order valence-corrected chi connectivity index (χ3v) is 4.32. The summed E-state index contributed by atoms with van der Waals surface area (Å²) in [5.74, 6) is 0.399. The van der Waals surface area contributed by atoms with Crippen LogP contribution in [0.15, 0.2) is 0 Å². The van der Waals surface area contributed by atoms with Crippen LogP contribution in [-0.4, -0.2) is 61.1 Å². The summed E-state index contributed by atoms with van der Waals surface area (Å²) in [6.07, 6.45) is 4.95. The second-order valence-corrected chi connectivity index (χ2v) is 6.76. The first-order valence-corrected chi connectivity index (χ1v) is 8.50. The summed E-state index contributed by atoms with van der Waals surface area (Å²) in [7, 11) is 1.76. The SMILES string of the molecule is COCCCCCCN1CC(C)N(C(=O)C(C)C)C(C)C1. The molecular weight excluding hydrogens is 264 g/mol. The molecule has 4 nitrogen and oxygen atoms in total. The first-order valence-electron chi connectivity index (χ1n) is 8.50. The van der Waals surface area contributed by atoms with Gasteiger partial charge in [0, 0.05) is 44.8 Å². The van der Waals surface area contributed by atoms with Crippen molar-refractivity contribution in [2.75, 3.05) is 33.4 Å². The van der Waals surface area contributed by atoms with Crippen LogP contribution in [-0.2, 0) is 9.53 Å². The first kappa shape index (κ1) is 18.4. The van der Waals surface area contributed by atoms with E-state index >= 15 is 0 Å². The lowest BCUT2D eigenvalue weighted by atomic mass is 10.0. The largest absolute Gasteiger partial charge is 0.385 e. The Morgan fingerprint density at radius 3 is 2.19 bits per heavy atom. The molecule has 1 heterocycles. The van der Waals surface area contributed by atoms with Gasteiger partial charge in [0.05, 0.1) is 0 Å². The lowest BCUT2D eigenvalue weighted by Gasteiger charge is -2.45. The highest BCUT2D eigenvalue weighted by molar-refractivity contribution is 5.78. The fraction of sp³-hybridized carbons (Fsp3) is 0.941. The van der Waals surface area contributed by atoms with Crippen LogP contribution in [0.5, 0.6) is 0 Å². The van der Waals surface area contributed by atoms with Crippen LogP contribution in [0.1, 0.15) is 53.4 Å². The Hall–Kier alpha value is -0.610. The van der Waals surface area contributed by atoms with Crippen LogP contribution in [0.2, 0.25) is 0 Å². The topological polar surface area (TPSA) is 32.8 Å². The predicted molar refractivity (Wildman–Crippen MR) is 87.4 cm³/mol. The van der Waals surface area contributed by atoms with E-state index in [2.05, 4.69) is 23.6 Å². The van der Waals surface area contributed by atoms with Crippen LogP contribution in [0, 0.1) is 5.92 Å². The van der Waals surface area contributed by atoms with Crippen molar-refractivity contribution < 1.29 is 9.53 Å². The highest BCUT2D eigenvalue weighted by Crippen LogP contribution is 2.19. The average molecular weight is 298 g/mol. The van der Waals surface area contributed by atoms with Crippen molar-refractivity contribution in [1.82, 2.24) is 9.80 Å². The summed E-state index contributed by atoms with van der Waals surface area (Å²) in [4.78, 5) is 16.9. The van der Waals surface area contributed by atoms with E-state index in [-0.39, 0.29) is 5.92 Å². The molecule has 1 amide bonds. The average Bonchev–Trinajstić information content (AvgIpc) is 2.41. The fourth-order valence-corrected chi connectivity index (χ4v) is 3.28. The molecule has 124 valence electrons. The van der Waals surface area contributed by atoms with Gasteiger partial charge in [0.15, 0.2) is 0 Å². The molecule has 1 fully saturated rings. The zero-order valence-corrected chi connectivity index (χ0v) is 14.6. The summed E-state index contributed by atoms with van der Waals surface area (Å²) in [6, 6.07) is 0.661. The molecule has 0 aromatic heterocycles. The van der Waals surface area contributed by atoms with Crippen molar-refractivity contribution in [1.29, 1.82) is 0 Å². The van der Waals surface area contributed by atoms with Gasteiger partial charge in [-0.15, -0.1) is 0 Å². The van der Waals surface area contributed by atoms with E-state index in [9.17, 15) is 4.79 Å². The van der Waals surface area contributed by atoms with Crippen molar-refractivity contribution in [2.45, 2.75) is 65.5 Å². The van der Waals surface area contributed by atoms with Crippen LogP contribution in [0.25, 0.3) is 0 Å². The Balaban J connectivity index is 2.31. The monoisotopic (exact) mass is 298 g/mol. The lowest BCUT2D eigenvalue weighted by Crippen LogP contribution is -2.59. The number of methoxy groups -OCH3 is 1. The van der Waals surface area contributed by atoms with E-state index < -0.39 is 0 Å². The van der Waals surface area contributed by atoms with Gasteiger partial charge in [-0.2, -0.15) is 0 Å². The predicted octanol–water partition coefficient (Wildman–Crippen LogP) is 2.77. The van der Waals surface area contributed by atoms with E-state index in [0.717, 1.165) is 26.2 Å². The zero-order chi connectivity index (χ0) is 15.8. The van der Waals surface area contributed by atoms with Gasteiger partial charge < -0.3 is 9.64 Å². The molecule has 0 saturated carbocycles. The third-order valence-electron chi connectivity index (χ3n) is 4.32. The number of carbonyl (C=O) groups excluding carboxylic acids is 1. The fourth-order valence-electron chi connectivity index (χ4n) is 3.28. The molecule has 0 aliphatic carbocycles. The number of ether oxygens (including phenoxy) is 1. The van der Waals surface area contributed by atoms with E-state index in [1.165, 1.54) is 25.7 Å². The summed E-state index contributed by atoms with van der Waals surface area (Å²) >= 11 is 0. The van der Waals surface area contributed by atoms with Crippen molar-refractivity contribution in [3.63, 3.8) is 0 Å². The maximum atomic E-state index is 12.3. The van der Waals surface area contributed by atoms with Gasteiger partial charge in [0.2, 0.25) is 5.91 Å². The Morgan fingerprint density at radius 1 is 1.10 bits per heavy atom. The minimum absolute atomic E-state index is 0.0993. The standard InChI is InChI=1S/C17H34N2O2/c1-14(2)17(20)19-15(3)12-18(13-16(19)4)10-8-6-7-9-11-21-5/h14-16H,6-13H2,1-5H3. The van der Waals surface area contributed by atoms with Crippen LogP contribution < -0.4 is 0 Å². The first-order chi connectivity index (χ1) is 9.97. The summed E-state index contributed by atoms with van der Waals surface area (Å²) < 4.78 is 5.07. The number of nitrogens with zero attached hydrogens (tertiary/aromatic N) is 2.